The van der Waals surface area contributed by atoms with Crippen molar-refractivity contribution in [2.45, 2.75) is 38.6 Å². The number of anilines is 1. The zero-order valence-corrected chi connectivity index (χ0v) is 20.0. The zero-order valence-electron chi connectivity index (χ0n) is 17.6. The predicted octanol–water partition coefficient (Wildman–Crippen LogP) is 4.24. The lowest BCUT2D eigenvalue weighted by Crippen LogP contribution is -2.50. The van der Waals surface area contributed by atoms with E-state index in [0.717, 1.165) is 12.1 Å². The number of aromatic nitrogens is 1. The van der Waals surface area contributed by atoms with Gasteiger partial charge in [0.1, 0.15) is 6.04 Å². The molecule has 2 aliphatic heterocycles. The van der Waals surface area contributed by atoms with E-state index in [1.807, 2.05) is 12.3 Å². The lowest BCUT2D eigenvalue weighted by atomic mass is 9.95. The van der Waals surface area contributed by atoms with Gasteiger partial charge in [0, 0.05) is 36.0 Å². The van der Waals surface area contributed by atoms with Gasteiger partial charge >= 0.3 is 0 Å². The second-order valence-electron chi connectivity index (χ2n) is 8.16. The van der Waals surface area contributed by atoms with E-state index in [0.29, 0.717) is 59.6 Å². The first kappa shape index (κ1) is 23.0. The van der Waals surface area contributed by atoms with Crippen molar-refractivity contribution in [3.63, 3.8) is 0 Å². The molecule has 2 fully saturated rings. The largest absolute Gasteiger partial charge is 0.341 e. The number of benzene rings is 1. The van der Waals surface area contributed by atoms with E-state index >= 15 is 0 Å². The highest BCUT2D eigenvalue weighted by Gasteiger charge is 2.39. The number of rotatable bonds is 4. The molecule has 4 rings (SSSR count). The van der Waals surface area contributed by atoms with Crippen LogP contribution in [0.25, 0.3) is 0 Å². The maximum Gasteiger partial charge on any atom is 0.256 e. The summed E-state index contributed by atoms with van der Waals surface area (Å²) in [7, 11) is 0. The van der Waals surface area contributed by atoms with Crippen LogP contribution in [0.4, 0.5) is 5.13 Å². The van der Waals surface area contributed by atoms with Gasteiger partial charge in [-0.15, -0.1) is 11.3 Å². The van der Waals surface area contributed by atoms with Crippen molar-refractivity contribution >= 4 is 57.4 Å². The second-order valence-corrected chi connectivity index (χ2v) is 9.87. The van der Waals surface area contributed by atoms with Crippen LogP contribution in [0.15, 0.2) is 23.6 Å². The number of nitrogens with one attached hydrogen (secondary N) is 1. The van der Waals surface area contributed by atoms with Gasteiger partial charge < -0.3 is 15.1 Å². The molecule has 170 valence electrons. The number of carbonyl (C=O) groups excluding carboxylic acids is 3. The van der Waals surface area contributed by atoms with E-state index in [-0.39, 0.29) is 23.6 Å². The Morgan fingerprint density at radius 3 is 2.56 bits per heavy atom. The van der Waals surface area contributed by atoms with Gasteiger partial charge in [-0.3, -0.25) is 14.4 Å². The molecule has 3 amide bonds. The third kappa shape index (κ3) is 4.92. The molecule has 1 atom stereocenters. The minimum absolute atomic E-state index is 0.0558. The Kier molecular flexibility index (Phi) is 7.02. The van der Waals surface area contributed by atoms with Crippen LogP contribution < -0.4 is 5.32 Å². The van der Waals surface area contributed by atoms with Crippen molar-refractivity contribution in [1.82, 2.24) is 14.8 Å². The summed E-state index contributed by atoms with van der Waals surface area (Å²) in [5.41, 5.74) is 1.19. The summed E-state index contributed by atoms with van der Waals surface area (Å²) >= 11 is 13.7. The molecule has 2 aliphatic rings. The van der Waals surface area contributed by atoms with Gasteiger partial charge in [0.25, 0.3) is 5.91 Å². The lowest BCUT2D eigenvalue weighted by molar-refractivity contribution is -0.138. The number of piperidine rings is 1. The topological polar surface area (TPSA) is 82.6 Å². The molecule has 0 radical (unpaired) electrons. The molecule has 1 aromatic heterocycles. The number of thiazole rings is 1. The number of amides is 3. The van der Waals surface area contributed by atoms with Gasteiger partial charge in [-0.2, -0.15) is 0 Å². The number of carbonyl (C=O) groups is 3. The molecule has 2 saturated heterocycles. The van der Waals surface area contributed by atoms with Crippen molar-refractivity contribution < 1.29 is 14.4 Å². The van der Waals surface area contributed by atoms with Crippen LogP contribution in [-0.4, -0.2) is 58.2 Å². The van der Waals surface area contributed by atoms with Crippen LogP contribution in [0.5, 0.6) is 0 Å². The van der Waals surface area contributed by atoms with E-state index in [2.05, 4.69) is 10.3 Å². The highest BCUT2D eigenvalue weighted by atomic mass is 35.5. The van der Waals surface area contributed by atoms with Gasteiger partial charge in [-0.1, -0.05) is 23.2 Å². The Morgan fingerprint density at radius 1 is 1.12 bits per heavy atom. The van der Waals surface area contributed by atoms with Crippen molar-refractivity contribution in [2.75, 3.05) is 25.0 Å². The molecule has 0 aliphatic carbocycles. The standard InChI is InChI=1S/C22H24Cl2N4O3S/c1-13-12-32-22(25-13)26-19(29)14-6-9-27(10-7-14)21(31)18-3-2-8-28(18)20(30)16-11-15(23)4-5-17(16)24/h4-5,11-12,14,18H,2-3,6-10H2,1H3,(H,25,26,29). The molecule has 10 heteroatoms. The fourth-order valence-corrected chi connectivity index (χ4v) is 5.34. The van der Waals surface area contributed by atoms with Crippen LogP contribution in [0, 0.1) is 12.8 Å². The third-order valence-electron chi connectivity index (χ3n) is 5.98. The first-order valence-electron chi connectivity index (χ1n) is 10.6. The van der Waals surface area contributed by atoms with Crippen molar-refractivity contribution in [3.05, 3.63) is 44.9 Å². The Hall–Kier alpha value is -2.16. The summed E-state index contributed by atoms with van der Waals surface area (Å²) in [6, 6.07) is 4.25. The minimum atomic E-state index is -0.513. The minimum Gasteiger partial charge on any atom is -0.341 e. The number of hydrogen-bond donors (Lipinski definition) is 1. The number of hydrogen-bond acceptors (Lipinski definition) is 5. The molecule has 32 heavy (non-hydrogen) atoms. The van der Waals surface area contributed by atoms with Gasteiger partial charge in [0.15, 0.2) is 5.13 Å². The van der Waals surface area contributed by atoms with Crippen LogP contribution in [-0.2, 0) is 9.59 Å². The summed E-state index contributed by atoms with van der Waals surface area (Å²) in [5, 5.41) is 6.11. The summed E-state index contributed by atoms with van der Waals surface area (Å²) < 4.78 is 0. The Bertz CT molecular complexity index is 1040. The SMILES string of the molecule is Cc1csc(NC(=O)C2CCN(C(=O)C3CCCN3C(=O)c3cc(Cl)ccc3Cl)CC2)n1. The van der Waals surface area contributed by atoms with E-state index in [9.17, 15) is 14.4 Å². The molecule has 0 bridgehead atoms. The van der Waals surface area contributed by atoms with Gasteiger partial charge in [-0.05, 0) is 50.8 Å². The average Bonchev–Trinajstić information content (AvgIpc) is 3.43. The van der Waals surface area contributed by atoms with E-state index < -0.39 is 6.04 Å². The molecule has 0 saturated carbocycles. The van der Waals surface area contributed by atoms with Crippen molar-refractivity contribution in [3.8, 4) is 0 Å². The first-order chi connectivity index (χ1) is 15.3. The Morgan fingerprint density at radius 2 is 1.88 bits per heavy atom. The second kappa shape index (κ2) is 9.77. The van der Waals surface area contributed by atoms with Crippen LogP contribution in [0.3, 0.4) is 0 Å². The Balaban J connectivity index is 1.36. The van der Waals surface area contributed by atoms with Crippen molar-refractivity contribution in [2.24, 2.45) is 5.92 Å². The quantitative estimate of drug-likeness (QED) is 0.688. The Labute approximate surface area is 200 Å². The number of aryl methyl sites for hydroxylation is 1. The molecule has 1 N–H and O–H groups in total. The van der Waals surface area contributed by atoms with E-state index in [1.54, 1.807) is 28.0 Å². The molecule has 3 heterocycles. The van der Waals surface area contributed by atoms with Crippen LogP contribution >= 0.6 is 34.5 Å². The number of halogens is 2. The lowest BCUT2D eigenvalue weighted by Gasteiger charge is -2.35. The molecule has 7 nitrogen and oxygen atoms in total. The van der Waals surface area contributed by atoms with Crippen LogP contribution in [0.2, 0.25) is 10.0 Å². The van der Waals surface area contributed by atoms with Gasteiger partial charge in [0.2, 0.25) is 11.8 Å². The van der Waals surface area contributed by atoms with E-state index in [4.69, 9.17) is 23.2 Å². The summed E-state index contributed by atoms with van der Waals surface area (Å²) in [6.45, 7) is 3.37. The maximum absolute atomic E-state index is 13.2. The predicted molar refractivity (Wildman–Crippen MR) is 125 cm³/mol. The van der Waals surface area contributed by atoms with Gasteiger partial charge in [0.05, 0.1) is 16.3 Å². The molecule has 1 unspecified atom stereocenters. The van der Waals surface area contributed by atoms with Crippen LogP contribution in [0.1, 0.15) is 41.7 Å². The third-order valence-corrected chi connectivity index (χ3v) is 7.42. The fourth-order valence-electron chi connectivity index (χ4n) is 4.27. The van der Waals surface area contributed by atoms with Gasteiger partial charge in [-0.25, -0.2) is 4.98 Å². The summed E-state index contributed by atoms with van der Waals surface area (Å²) in [4.78, 5) is 46.5. The normalized spacial score (nSPS) is 19.3. The maximum atomic E-state index is 13.2. The molecular weight excluding hydrogens is 471 g/mol. The summed E-state index contributed by atoms with van der Waals surface area (Å²) in [6.07, 6.45) is 2.55. The first-order valence-corrected chi connectivity index (χ1v) is 12.2. The molecule has 1 aromatic carbocycles. The smallest absolute Gasteiger partial charge is 0.256 e. The molecule has 0 spiro atoms. The highest BCUT2D eigenvalue weighted by molar-refractivity contribution is 7.13. The monoisotopic (exact) mass is 494 g/mol. The summed E-state index contributed by atoms with van der Waals surface area (Å²) in [5.74, 6) is -0.556. The zero-order chi connectivity index (χ0) is 22.8. The number of likely N-dealkylation sites (tertiary alicyclic amines) is 2. The fraction of sp³-hybridized carbons (Fsp3) is 0.455. The molecule has 2 aromatic rings. The number of nitrogens with zero attached hydrogens (tertiary/aromatic N) is 3. The highest BCUT2D eigenvalue weighted by Crippen LogP contribution is 2.28. The average molecular weight is 495 g/mol. The molecular formula is C22H24Cl2N4O3S. The van der Waals surface area contributed by atoms with E-state index in [1.165, 1.54) is 11.3 Å². The van der Waals surface area contributed by atoms with Crippen molar-refractivity contribution in [1.29, 1.82) is 0 Å².